The number of halogens is 1. The summed E-state index contributed by atoms with van der Waals surface area (Å²) in [4.78, 5) is 16.1. The number of anilines is 1. The van der Waals surface area contributed by atoms with Gasteiger partial charge < -0.3 is 10.7 Å². The Kier molecular flexibility index (Phi) is 3.81. The fraction of sp³-hybridized carbons (Fsp3) is 0.571. The summed E-state index contributed by atoms with van der Waals surface area (Å²) in [6, 6.07) is 1.59. The maximum absolute atomic E-state index is 12.1. The van der Waals surface area contributed by atoms with Gasteiger partial charge >= 0.3 is 0 Å². The third-order valence-electron chi connectivity index (χ3n) is 4.19. The SMILES string of the molecule is NNc1ncc(C(=O)NCC(C2CC2)C2CC2)cc1Cl. The molecule has 0 unspecified atom stereocenters. The van der Waals surface area contributed by atoms with Crippen molar-refractivity contribution in [1.29, 1.82) is 0 Å². The lowest BCUT2D eigenvalue weighted by molar-refractivity contribution is 0.0943. The largest absolute Gasteiger partial charge is 0.352 e. The average molecular weight is 295 g/mol. The summed E-state index contributed by atoms with van der Waals surface area (Å²) < 4.78 is 0. The minimum absolute atomic E-state index is 0.116. The van der Waals surface area contributed by atoms with Crippen LogP contribution in [0.15, 0.2) is 12.3 Å². The highest BCUT2D eigenvalue weighted by Gasteiger charge is 2.41. The number of nitrogens with one attached hydrogen (secondary N) is 2. The molecular weight excluding hydrogens is 276 g/mol. The molecule has 0 bridgehead atoms. The van der Waals surface area contributed by atoms with Gasteiger partial charge in [0.2, 0.25) is 0 Å². The molecule has 2 aliphatic rings. The quantitative estimate of drug-likeness (QED) is 0.555. The first-order chi connectivity index (χ1) is 9.69. The van der Waals surface area contributed by atoms with Crippen molar-refractivity contribution in [3.05, 3.63) is 22.8 Å². The molecule has 0 saturated heterocycles. The van der Waals surface area contributed by atoms with Crippen molar-refractivity contribution < 1.29 is 4.79 Å². The van der Waals surface area contributed by atoms with Crippen molar-refractivity contribution in [1.82, 2.24) is 10.3 Å². The Hall–Kier alpha value is -1.33. The second-order valence-electron chi connectivity index (χ2n) is 5.75. The Bertz CT molecular complexity index is 502. The summed E-state index contributed by atoms with van der Waals surface area (Å²) in [5.41, 5.74) is 2.85. The fourth-order valence-electron chi connectivity index (χ4n) is 2.75. The van der Waals surface area contributed by atoms with Gasteiger partial charge in [0.15, 0.2) is 5.82 Å². The summed E-state index contributed by atoms with van der Waals surface area (Å²) in [6.07, 6.45) is 6.77. The first-order valence-electron chi connectivity index (χ1n) is 7.09. The molecule has 4 N–H and O–H groups in total. The van der Waals surface area contributed by atoms with E-state index in [-0.39, 0.29) is 5.91 Å². The predicted octanol–water partition coefficient (Wildman–Crippen LogP) is 2.19. The molecule has 2 fully saturated rings. The van der Waals surface area contributed by atoms with Gasteiger partial charge in [0, 0.05) is 12.7 Å². The van der Waals surface area contributed by atoms with Gasteiger partial charge in [0.25, 0.3) is 5.91 Å². The van der Waals surface area contributed by atoms with E-state index in [1.165, 1.54) is 31.9 Å². The molecule has 1 amide bonds. The Labute approximate surface area is 123 Å². The van der Waals surface area contributed by atoms with Gasteiger partial charge in [-0.3, -0.25) is 4.79 Å². The molecule has 0 spiro atoms. The van der Waals surface area contributed by atoms with E-state index in [0.717, 1.165) is 18.4 Å². The first-order valence-corrected chi connectivity index (χ1v) is 7.47. The van der Waals surface area contributed by atoms with Crippen molar-refractivity contribution in [2.45, 2.75) is 25.7 Å². The third kappa shape index (κ3) is 3.04. The summed E-state index contributed by atoms with van der Waals surface area (Å²) in [5, 5.41) is 3.37. The van der Waals surface area contributed by atoms with Crippen LogP contribution in [-0.2, 0) is 0 Å². The highest BCUT2D eigenvalue weighted by molar-refractivity contribution is 6.33. The molecule has 0 aliphatic heterocycles. The van der Waals surface area contributed by atoms with Crippen molar-refractivity contribution >= 4 is 23.3 Å². The van der Waals surface area contributed by atoms with E-state index in [9.17, 15) is 4.79 Å². The van der Waals surface area contributed by atoms with Crippen LogP contribution in [0.5, 0.6) is 0 Å². The summed E-state index contributed by atoms with van der Waals surface area (Å²) in [6.45, 7) is 0.767. The number of pyridine rings is 1. The number of rotatable bonds is 6. The summed E-state index contributed by atoms with van der Waals surface area (Å²) in [7, 11) is 0. The van der Waals surface area contributed by atoms with Crippen LogP contribution in [0.4, 0.5) is 5.82 Å². The Morgan fingerprint density at radius 3 is 2.55 bits per heavy atom. The highest BCUT2D eigenvalue weighted by atomic mass is 35.5. The van der Waals surface area contributed by atoms with Crippen LogP contribution < -0.4 is 16.6 Å². The molecule has 0 radical (unpaired) electrons. The van der Waals surface area contributed by atoms with E-state index in [2.05, 4.69) is 15.7 Å². The van der Waals surface area contributed by atoms with E-state index in [1.807, 2.05) is 0 Å². The molecule has 20 heavy (non-hydrogen) atoms. The molecule has 1 aromatic heterocycles. The van der Waals surface area contributed by atoms with Gasteiger partial charge in [0.1, 0.15) is 0 Å². The van der Waals surface area contributed by atoms with Gasteiger partial charge in [-0.1, -0.05) is 11.6 Å². The van der Waals surface area contributed by atoms with Crippen LogP contribution >= 0.6 is 11.6 Å². The van der Waals surface area contributed by atoms with Crippen molar-refractivity contribution in [2.75, 3.05) is 12.0 Å². The van der Waals surface area contributed by atoms with Gasteiger partial charge in [-0.15, -0.1) is 0 Å². The first kappa shape index (κ1) is 13.6. The molecule has 1 aromatic rings. The van der Waals surface area contributed by atoms with Gasteiger partial charge in [-0.05, 0) is 49.5 Å². The minimum Gasteiger partial charge on any atom is -0.352 e. The molecule has 3 rings (SSSR count). The number of carbonyl (C=O) groups is 1. The van der Waals surface area contributed by atoms with Crippen LogP contribution in [0.3, 0.4) is 0 Å². The van der Waals surface area contributed by atoms with E-state index in [1.54, 1.807) is 6.07 Å². The number of nitrogen functional groups attached to an aromatic ring is 1. The van der Waals surface area contributed by atoms with E-state index in [0.29, 0.717) is 22.3 Å². The van der Waals surface area contributed by atoms with Crippen LogP contribution in [0.2, 0.25) is 5.02 Å². The van der Waals surface area contributed by atoms with Gasteiger partial charge in [-0.2, -0.15) is 0 Å². The van der Waals surface area contributed by atoms with Crippen molar-refractivity contribution in [2.24, 2.45) is 23.6 Å². The zero-order valence-corrected chi connectivity index (χ0v) is 12.0. The number of nitrogens with two attached hydrogens (primary N) is 1. The monoisotopic (exact) mass is 294 g/mol. The summed E-state index contributed by atoms with van der Waals surface area (Å²) in [5.74, 6) is 7.83. The second kappa shape index (κ2) is 5.58. The van der Waals surface area contributed by atoms with Crippen LogP contribution in [0.1, 0.15) is 36.0 Å². The van der Waals surface area contributed by atoms with E-state index in [4.69, 9.17) is 17.4 Å². The lowest BCUT2D eigenvalue weighted by atomic mass is 9.98. The fourth-order valence-corrected chi connectivity index (χ4v) is 2.97. The molecule has 6 heteroatoms. The molecule has 2 aliphatic carbocycles. The van der Waals surface area contributed by atoms with Crippen molar-refractivity contribution in [3.63, 3.8) is 0 Å². The van der Waals surface area contributed by atoms with E-state index >= 15 is 0 Å². The molecule has 2 saturated carbocycles. The van der Waals surface area contributed by atoms with Gasteiger partial charge in [0.05, 0.1) is 10.6 Å². The van der Waals surface area contributed by atoms with E-state index < -0.39 is 0 Å². The number of aromatic nitrogens is 1. The standard InChI is InChI=1S/C14H19ClN4O/c15-12-5-10(6-17-13(12)19-16)14(20)18-7-11(8-1-2-8)9-3-4-9/h5-6,8-9,11H,1-4,7,16H2,(H,17,19)(H,18,20). The summed E-state index contributed by atoms with van der Waals surface area (Å²) >= 11 is 5.97. The Morgan fingerprint density at radius 1 is 1.40 bits per heavy atom. The second-order valence-corrected chi connectivity index (χ2v) is 6.15. The smallest absolute Gasteiger partial charge is 0.252 e. The topological polar surface area (TPSA) is 80.0 Å². The Morgan fingerprint density at radius 2 is 2.05 bits per heavy atom. The minimum atomic E-state index is -0.116. The maximum Gasteiger partial charge on any atom is 0.252 e. The molecule has 0 aromatic carbocycles. The normalized spacial score (nSPS) is 18.1. The number of hydrazine groups is 1. The Balaban J connectivity index is 1.59. The molecule has 108 valence electrons. The lowest BCUT2D eigenvalue weighted by Gasteiger charge is -2.16. The molecule has 0 atom stereocenters. The number of carbonyl (C=O) groups excluding carboxylic acids is 1. The predicted molar refractivity (Wildman–Crippen MR) is 78.3 cm³/mol. The average Bonchev–Trinajstić information content (AvgIpc) is 3.31. The molecule has 5 nitrogen and oxygen atoms in total. The number of amides is 1. The third-order valence-corrected chi connectivity index (χ3v) is 4.48. The van der Waals surface area contributed by atoms with Crippen LogP contribution in [0.25, 0.3) is 0 Å². The molecule has 1 heterocycles. The number of hydrogen-bond donors (Lipinski definition) is 3. The zero-order chi connectivity index (χ0) is 14.1. The van der Waals surface area contributed by atoms with Crippen molar-refractivity contribution in [3.8, 4) is 0 Å². The number of nitrogens with zero attached hydrogens (tertiary/aromatic N) is 1. The van der Waals surface area contributed by atoms with Gasteiger partial charge in [-0.25, -0.2) is 10.8 Å². The number of hydrogen-bond acceptors (Lipinski definition) is 4. The maximum atomic E-state index is 12.1. The molecular formula is C14H19ClN4O. The van der Waals surface area contributed by atoms with Crippen LogP contribution in [-0.4, -0.2) is 17.4 Å². The zero-order valence-electron chi connectivity index (χ0n) is 11.2. The van der Waals surface area contributed by atoms with Crippen LogP contribution in [0, 0.1) is 17.8 Å². The lowest BCUT2D eigenvalue weighted by Crippen LogP contribution is -2.31. The highest BCUT2D eigenvalue weighted by Crippen LogP contribution is 2.48.